The molecule has 46 nitrogen and oxygen atoms in total. The average molecular weight is 2100 g/mol. The summed E-state index contributed by atoms with van der Waals surface area (Å²) in [4.78, 5) is 0. The fourth-order valence-electron chi connectivity index (χ4n) is 9.15. The Morgan fingerprint density at radius 1 is 0.200 bits per heavy atom. The second-order valence-corrected chi connectivity index (χ2v) is 32.3. The van der Waals surface area contributed by atoms with E-state index >= 15 is 0 Å². The fraction of sp³-hybridized carbons (Fsp3) is 0.868. The van der Waals surface area contributed by atoms with Crippen molar-refractivity contribution in [2.45, 2.75) is 13.2 Å². The van der Waals surface area contributed by atoms with Gasteiger partial charge in [-0.05, 0) is 35.4 Å². The van der Waals surface area contributed by atoms with Crippen LogP contribution in [0.25, 0.3) is 0 Å². The standard InChI is InChI=1S/C32H58O14.C26H54O15S.C25H52O13.C7H8O2.CH3ClO2S/c1-34-6-7-35-8-9-36-10-11-37-12-13-38-14-15-39-16-17-40-18-19-41-20-21-42-22-23-43-24-25-44-26-27-45-28-29-46-32-4-2-31(30-33)3-5-32;1-29-3-4-30-5-6-31-7-8-32-9-10-33-11-12-34-13-14-35-15-16-36-17-18-37-19-20-38-21-22-39-23-24-40-25-26-41-42(2,27)28;1-27-4-5-29-8-9-31-12-13-33-16-17-35-20-21-37-24-25-38-23-22-36-19-18-34-15-14-32-11-10-30-7-6-28-3-2-26;8-5-6-1-3-7(9)4-2-6;1-5(2,3)4/h2-5,33H,6-30H2,1H3;3-26H2,1-2H3;26H,2-25H2,1H3;1-4,8-9H,5H2;1H3. The van der Waals surface area contributed by atoms with Crippen molar-refractivity contribution in [1.82, 2.24) is 0 Å². The minimum absolute atomic E-state index is 0.00207. The summed E-state index contributed by atoms with van der Waals surface area (Å²) in [5.41, 5.74) is 1.67. The highest BCUT2D eigenvalue weighted by Crippen LogP contribution is 2.12. The summed E-state index contributed by atoms with van der Waals surface area (Å²) in [6, 6.07) is 13.8. The Morgan fingerprint density at radius 2 is 0.329 bits per heavy atom. The smallest absolute Gasteiger partial charge is 0.264 e. The molecule has 0 saturated carbocycles. The molecule has 2 aromatic rings. The molecule has 0 saturated heterocycles. The molecule has 0 aliphatic heterocycles. The van der Waals surface area contributed by atoms with E-state index in [9.17, 15) is 16.8 Å². The van der Waals surface area contributed by atoms with Gasteiger partial charge >= 0.3 is 0 Å². The number of benzene rings is 2. The fourth-order valence-corrected chi connectivity index (χ4v) is 9.52. The quantitative estimate of drug-likeness (QED) is 0.0418. The normalized spacial score (nSPS) is 11.5. The van der Waals surface area contributed by atoms with Crippen LogP contribution in [-0.4, -0.2) is 547 Å². The molecule has 49 heteroatoms. The highest BCUT2D eigenvalue weighted by atomic mass is 35.7. The lowest BCUT2D eigenvalue weighted by Crippen LogP contribution is -2.15. The number of hydrogen-bond acceptors (Lipinski definition) is 46. The summed E-state index contributed by atoms with van der Waals surface area (Å²) < 4.78 is 243. The molecule has 0 spiro atoms. The van der Waals surface area contributed by atoms with Crippen LogP contribution in [0.3, 0.4) is 0 Å². The molecule has 0 atom stereocenters. The third-order valence-corrected chi connectivity index (χ3v) is 16.5. The van der Waals surface area contributed by atoms with Gasteiger partial charge < -0.3 is 196 Å². The molecule has 140 heavy (non-hydrogen) atoms. The first-order valence-corrected chi connectivity index (χ1v) is 51.8. The van der Waals surface area contributed by atoms with E-state index in [1.54, 1.807) is 45.6 Å². The lowest BCUT2D eigenvalue weighted by atomic mass is 10.2. The van der Waals surface area contributed by atoms with E-state index in [1.807, 2.05) is 24.3 Å². The van der Waals surface area contributed by atoms with Crippen molar-refractivity contribution in [3.05, 3.63) is 59.7 Å². The lowest BCUT2D eigenvalue weighted by molar-refractivity contribution is -0.0283. The summed E-state index contributed by atoms with van der Waals surface area (Å²) in [6.45, 7) is 35.3. The Hall–Kier alpha value is -3.37. The summed E-state index contributed by atoms with van der Waals surface area (Å²) in [7, 11) is 2.81. The molecule has 0 aliphatic carbocycles. The SMILES string of the molecule is COCCOCCOCCOCCOCCOCCOCCOCCOCCOCCOCCOCCO.COCCOCCOCCOCCOCCOCCOCCOCCOCCOCCOCCOCCOS(C)(=O)=O.COCCOCCOCCOCCOCCOCCOCCOCCOCCOCCOCCOCCOc1ccc(CO)cc1.CS(=O)(=O)Cl.OCc1ccc(O)cc1. The first kappa shape index (κ1) is 141. The molecule has 4 N–H and O–H groups in total. The van der Waals surface area contributed by atoms with Gasteiger partial charge in [-0.25, -0.2) is 8.42 Å². The Morgan fingerprint density at radius 3 is 0.464 bits per heavy atom. The zero-order valence-corrected chi connectivity index (χ0v) is 86.5. The van der Waals surface area contributed by atoms with Gasteiger partial charge in [0, 0.05) is 32.0 Å². The topological polar surface area (TPSA) is 500 Å². The van der Waals surface area contributed by atoms with Crippen molar-refractivity contribution < 1.29 is 217 Å². The number of halogens is 1. The van der Waals surface area contributed by atoms with Crippen molar-refractivity contribution in [1.29, 1.82) is 0 Å². The van der Waals surface area contributed by atoms with Crippen LogP contribution >= 0.6 is 10.7 Å². The van der Waals surface area contributed by atoms with Crippen molar-refractivity contribution in [3.63, 3.8) is 0 Å². The molecule has 2 aromatic carbocycles. The van der Waals surface area contributed by atoms with Crippen LogP contribution in [0.15, 0.2) is 48.5 Å². The largest absolute Gasteiger partial charge is 0.508 e. The molecular formula is C91H175ClO46S2. The number of aliphatic hydroxyl groups excluding tert-OH is 3. The lowest BCUT2D eigenvalue weighted by Gasteiger charge is -2.09. The van der Waals surface area contributed by atoms with Crippen LogP contribution in [0.4, 0.5) is 0 Å². The van der Waals surface area contributed by atoms with Crippen LogP contribution in [0.1, 0.15) is 11.1 Å². The van der Waals surface area contributed by atoms with Crippen LogP contribution in [0, 0.1) is 0 Å². The summed E-state index contributed by atoms with van der Waals surface area (Å²) in [6.07, 6.45) is 1.92. The van der Waals surface area contributed by atoms with Gasteiger partial charge in [0.15, 0.2) is 0 Å². The van der Waals surface area contributed by atoms with E-state index < -0.39 is 19.2 Å². The number of aromatic hydroxyl groups is 1. The van der Waals surface area contributed by atoms with E-state index in [0.29, 0.717) is 456 Å². The van der Waals surface area contributed by atoms with Gasteiger partial charge in [-0.3, -0.25) is 4.18 Å². The number of phenolic OH excluding ortho intramolecular Hbond substituents is 1. The van der Waals surface area contributed by atoms with E-state index in [4.69, 9.17) is 196 Å². The Bertz CT molecular complexity index is 2780. The number of rotatable bonds is 111. The third kappa shape index (κ3) is 137. The van der Waals surface area contributed by atoms with E-state index in [-0.39, 0.29) is 38.8 Å². The van der Waals surface area contributed by atoms with Gasteiger partial charge in [-0.1, -0.05) is 24.3 Å². The minimum atomic E-state index is -3.42. The first-order valence-electron chi connectivity index (χ1n) is 47.3. The summed E-state index contributed by atoms with van der Waals surface area (Å²) in [5.74, 6) is 0.980. The van der Waals surface area contributed by atoms with Crippen molar-refractivity contribution in [2.24, 2.45) is 0 Å². The van der Waals surface area contributed by atoms with Gasteiger partial charge in [0.2, 0.25) is 9.05 Å². The highest BCUT2D eigenvalue weighted by Gasteiger charge is 2.06. The maximum absolute atomic E-state index is 10.8. The first-order chi connectivity index (χ1) is 68.7. The zero-order valence-electron chi connectivity index (χ0n) is 84.1. The number of methoxy groups -OCH3 is 3. The second-order valence-electron chi connectivity index (χ2n) is 27.6. The van der Waals surface area contributed by atoms with Gasteiger partial charge in [-0.2, -0.15) is 8.42 Å². The molecule has 0 aliphatic rings. The molecular weight excluding hydrogens is 1930 g/mol. The number of hydrogen-bond donors (Lipinski definition) is 4. The molecule has 0 heterocycles. The van der Waals surface area contributed by atoms with E-state index in [1.165, 1.54) is 0 Å². The maximum Gasteiger partial charge on any atom is 0.264 e. The van der Waals surface area contributed by atoms with E-state index in [2.05, 4.69) is 14.9 Å². The molecule has 0 radical (unpaired) electrons. The van der Waals surface area contributed by atoms with Crippen molar-refractivity contribution >= 4 is 29.9 Å². The van der Waals surface area contributed by atoms with E-state index in [0.717, 1.165) is 29.4 Å². The number of aliphatic hydroxyl groups is 3. The second kappa shape index (κ2) is 124. The van der Waals surface area contributed by atoms with Crippen LogP contribution < -0.4 is 4.74 Å². The van der Waals surface area contributed by atoms with Crippen molar-refractivity contribution in [3.8, 4) is 11.5 Å². The maximum atomic E-state index is 10.8. The number of phenols is 1. The Labute approximate surface area is 836 Å². The zero-order chi connectivity index (χ0) is 102. The molecule has 834 valence electrons. The van der Waals surface area contributed by atoms with Crippen LogP contribution in [-0.2, 0) is 207 Å². The van der Waals surface area contributed by atoms with Crippen LogP contribution in [0.5, 0.6) is 11.5 Å². The van der Waals surface area contributed by atoms with Gasteiger partial charge in [-0.15, -0.1) is 0 Å². The van der Waals surface area contributed by atoms with Gasteiger partial charge in [0.25, 0.3) is 10.1 Å². The third-order valence-electron chi connectivity index (χ3n) is 15.9. The molecule has 0 bridgehead atoms. The van der Waals surface area contributed by atoms with Crippen LogP contribution in [0.2, 0.25) is 0 Å². The minimum Gasteiger partial charge on any atom is -0.508 e. The van der Waals surface area contributed by atoms with Crippen molar-refractivity contribution in [2.75, 3.05) is 510 Å². The van der Waals surface area contributed by atoms with Gasteiger partial charge in [0.1, 0.15) is 18.1 Å². The Balaban J connectivity index is -0.00000188. The summed E-state index contributed by atoms with van der Waals surface area (Å²) in [5, 5.41) is 34.9. The highest BCUT2D eigenvalue weighted by molar-refractivity contribution is 8.13. The number of ether oxygens (including phenoxy) is 37. The molecule has 0 aromatic heterocycles. The average Bonchev–Trinajstić information content (AvgIpc) is 0.919. The predicted octanol–water partition coefficient (Wildman–Crippen LogP) is 2.06. The van der Waals surface area contributed by atoms with Gasteiger partial charge in [0.05, 0.1) is 495 Å². The molecule has 0 amide bonds. The monoisotopic (exact) mass is 2100 g/mol. The molecule has 2 rings (SSSR count). The predicted molar refractivity (Wildman–Crippen MR) is 513 cm³/mol. The molecule has 0 unspecified atom stereocenters. The Kier molecular flexibility index (Phi) is 125. The summed E-state index contributed by atoms with van der Waals surface area (Å²) >= 11 is 0. The molecule has 0 fully saturated rings.